The minimum atomic E-state index is -0.475. The van der Waals surface area contributed by atoms with Gasteiger partial charge in [0.1, 0.15) is 12.7 Å². The van der Waals surface area contributed by atoms with Crippen LogP contribution in [0.3, 0.4) is 0 Å². The van der Waals surface area contributed by atoms with Crippen molar-refractivity contribution in [1.29, 1.82) is 0 Å². The van der Waals surface area contributed by atoms with Crippen LogP contribution >= 0.6 is 0 Å². The van der Waals surface area contributed by atoms with Gasteiger partial charge in [0.25, 0.3) is 0 Å². The van der Waals surface area contributed by atoms with Crippen molar-refractivity contribution in [3.63, 3.8) is 0 Å². The summed E-state index contributed by atoms with van der Waals surface area (Å²) in [7, 11) is 1.67. The quantitative estimate of drug-likeness (QED) is 0.735. The van der Waals surface area contributed by atoms with Crippen LogP contribution < -0.4 is 9.47 Å². The maximum absolute atomic E-state index is 10.2. The lowest BCUT2D eigenvalue weighted by Gasteiger charge is -2.47. The third-order valence-electron chi connectivity index (χ3n) is 6.47. The highest BCUT2D eigenvalue weighted by Gasteiger charge is 2.40. The van der Waals surface area contributed by atoms with E-state index in [9.17, 15) is 5.11 Å². The summed E-state index contributed by atoms with van der Waals surface area (Å²) in [6, 6.07) is 6.14. The molecule has 0 amide bonds. The molecule has 0 saturated carbocycles. The molecule has 3 saturated heterocycles. The molecular formula is C22H34N2O4. The van der Waals surface area contributed by atoms with Gasteiger partial charge in [0.2, 0.25) is 0 Å². The van der Waals surface area contributed by atoms with Gasteiger partial charge in [-0.3, -0.25) is 4.90 Å². The van der Waals surface area contributed by atoms with Crippen LogP contribution in [-0.4, -0.2) is 79.7 Å². The lowest BCUT2D eigenvalue weighted by molar-refractivity contribution is -0.173. The van der Waals surface area contributed by atoms with Crippen LogP contribution in [0.15, 0.2) is 18.2 Å². The molecule has 1 aromatic rings. The molecule has 156 valence electrons. The van der Waals surface area contributed by atoms with Crippen molar-refractivity contribution in [3.05, 3.63) is 23.8 Å². The van der Waals surface area contributed by atoms with Crippen molar-refractivity contribution in [1.82, 2.24) is 9.80 Å². The van der Waals surface area contributed by atoms with Crippen LogP contribution in [0.5, 0.6) is 11.5 Å². The Morgan fingerprint density at radius 1 is 1.07 bits per heavy atom. The first-order valence-corrected chi connectivity index (χ1v) is 10.7. The molecule has 3 aliphatic heterocycles. The zero-order valence-electron chi connectivity index (χ0n) is 17.1. The fourth-order valence-corrected chi connectivity index (χ4v) is 4.59. The van der Waals surface area contributed by atoms with Gasteiger partial charge in [0, 0.05) is 26.2 Å². The van der Waals surface area contributed by atoms with Gasteiger partial charge in [-0.1, -0.05) is 6.07 Å². The molecule has 1 spiro atoms. The van der Waals surface area contributed by atoms with Gasteiger partial charge in [-0.05, 0) is 62.9 Å². The third kappa shape index (κ3) is 4.79. The minimum Gasteiger partial charge on any atom is -0.493 e. The molecule has 1 N–H and O–H groups in total. The molecule has 6 nitrogen and oxygen atoms in total. The Morgan fingerprint density at radius 2 is 1.82 bits per heavy atom. The summed E-state index contributed by atoms with van der Waals surface area (Å²) in [4.78, 5) is 4.79. The molecule has 0 radical (unpaired) electrons. The summed E-state index contributed by atoms with van der Waals surface area (Å²) in [6.07, 6.45) is 5.49. The van der Waals surface area contributed by atoms with Crippen LogP contribution in [0.25, 0.3) is 0 Å². The molecule has 3 heterocycles. The Balaban J connectivity index is 1.27. The highest BCUT2D eigenvalue weighted by atomic mass is 16.5. The van der Waals surface area contributed by atoms with E-state index in [-0.39, 0.29) is 5.60 Å². The van der Waals surface area contributed by atoms with Crippen molar-refractivity contribution < 1.29 is 19.3 Å². The number of piperidine rings is 1. The van der Waals surface area contributed by atoms with E-state index in [1.807, 2.05) is 6.07 Å². The molecular weight excluding hydrogens is 356 g/mol. The number of methoxy groups -OCH3 is 1. The van der Waals surface area contributed by atoms with Gasteiger partial charge in [0.15, 0.2) is 11.5 Å². The maximum atomic E-state index is 10.2. The summed E-state index contributed by atoms with van der Waals surface area (Å²) in [5.41, 5.74) is 1.43. The van der Waals surface area contributed by atoms with Gasteiger partial charge in [-0.15, -0.1) is 0 Å². The van der Waals surface area contributed by atoms with Crippen molar-refractivity contribution >= 4 is 0 Å². The molecule has 0 aliphatic carbocycles. The molecule has 1 aromatic carbocycles. The van der Waals surface area contributed by atoms with E-state index in [4.69, 9.17) is 14.2 Å². The summed E-state index contributed by atoms with van der Waals surface area (Å²) >= 11 is 0. The SMILES string of the molecule is COc1cc(CN2CCC3(CCO3)CC2)ccc1OCC(O)CN1CCCC1. The van der Waals surface area contributed by atoms with E-state index in [1.165, 1.54) is 24.8 Å². The number of hydrogen-bond donors (Lipinski definition) is 1. The molecule has 1 unspecified atom stereocenters. The van der Waals surface area contributed by atoms with Gasteiger partial charge in [0.05, 0.1) is 19.3 Å². The number of likely N-dealkylation sites (tertiary alicyclic amines) is 2. The normalized spacial score (nSPS) is 23.5. The molecule has 1 atom stereocenters. The Hall–Kier alpha value is -1.34. The number of β-amino-alcohol motifs (C(OH)–C–C–N with tert-alkyl or cyclic N) is 1. The maximum Gasteiger partial charge on any atom is 0.161 e. The number of benzene rings is 1. The van der Waals surface area contributed by atoms with Crippen molar-refractivity contribution in [2.45, 2.75) is 50.4 Å². The summed E-state index contributed by atoms with van der Waals surface area (Å²) in [6.45, 7) is 7.17. The third-order valence-corrected chi connectivity index (χ3v) is 6.47. The largest absolute Gasteiger partial charge is 0.493 e. The molecule has 0 bridgehead atoms. The first kappa shape index (κ1) is 20.0. The molecule has 4 rings (SSSR count). The predicted octanol–water partition coefficient (Wildman–Crippen LogP) is 2.29. The molecule has 28 heavy (non-hydrogen) atoms. The fraction of sp³-hybridized carbons (Fsp3) is 0.727. The number of ether oxygens (including phenoxy) is 3. The Bertz CT molecular complexity index is 633. The highest BCUT2D eigenvalue weighted by Crippen LogP contribution is 2.37. The predicted molar refractivity (Wildman–Crippen MR) is 108 cm³/mol. The van der Waals surface area contributed by atoms with Crippen LogP contribution in [-0.2, 0) is 11.3 Å². The average molecular weight is 391 g/mol. The smallest absolute Gasteiger partial charge is 0.161 e. The van der Waals surface area contributed by atoms with Crippen molar-refractivity contribution in [2.24, 2.45) is 0 Å². The van der Waals surface area contributed by atoms with Crippen molar-refractivity contribution in [3.8, 4) is 11.5 Å². The number of aliphatic hydroxyl groups is 1. The van der Waals surface area contributed by atoms with E-state index >= 15 is 0 Å². The highest BCUT2D eigenvalue weighted by molar-refractivity contribution is 5.43. The standard InChI is InChI=1S/C22H34N2O4/c1-26-21-14-18(15-24-11-6-22(7-12-24)8-13-28-22)4-5-20(21)27-17-19(25)16-23-9-2-3-10-23/h4-5,14,19,25H,2-3,6-13,15-17H2,1H3. The monoisotopic (exact) mass is 390 g/mol. The summed E-state index contributed by atoms with van der Waals surface area (Å²) in [5.74, 6) is 1.44. The van der Waals surface area contributed by atoms with E-state index in [1.54, 1.807) is 7.11 Å². The van der Waals surface area contributed by atoms with Crippen LogP contribution in [0.4, 0.5) is 0 Å². The first-order chi connectivity index (χ1) is 13.7. The van der Waals surface area contributed by atoms with Gasteiger partial charge in [-0.25, -0.2) is 0 Å². The van der Waals surface area contributed by atoms with E-state index in [0.29, 0.717) is 18.9 Å². The number of nitrogens with zero attached hydrogens (tertiary/aromatic N) is 2. The van der Waals surface area contributed by atoms with E-state index < -0.39 is 6.10 Å². The van der Waals surface area contributed by atoms with E-state index in [0.717, 1.165) is 57.9 Å². The average Bonchev–Trinajstić information content (AvgIpc) is 3.19. The molecule has 0 aromatic heterocycles. The second kappa shape index (κ2) is 8.99. The minimum absolute atomic E-state index is 0.196. The summed E-state index contributed by atoms with van der Waals surface area (Å²) in [5, 5.41) is 10.2. The van der Waals surface area contributed by atoms with Crippen LogP contribution in [0.2, 0.25) is 0 Å². The second-order valence-electron chi connectivity index (χ2n) is 8.52. The molecule has 3 fully saturated rings. The molecule has 3 aliphatic rings. The number of aliphatic hydroxyl groups excluding tert-OH is 1. The van der Waals surface area contributed by atoms with E-state index in [2.05, 4.69) is 21.9 Å². The lowest BCUT2D eigenvalue weighted by atomic mass is 9.84. The van der Waals surface area contributed by atoms with Crippen LogP contribution in [0, 0.1) is 0 Å². The second-order valence-corrected chi connectivity index (χ2v) is 8.52. The Morgan fingerprint density at radius 3 is 2.46 bits per heavy atom. The summed E-state index contributed by atoms with van der Waals surface area (Å²) < 4.78 is 17.2. The molecule has 6 heteroatoms. The zero-order chi connectivity index (χ0) is 19.4. The van der Waals surface area contributed by atoms with Crippen LogP contribution in [0.1, 0.15) is 37.7 Å². The van der Waals surface area contributed by atoms with Crippen molar-refractivity contribution in [2.75, 3.05) is 53.0 Å². The van der Waals surface area contributed by atoms with Gasteiger partial charge < -0.3 is 24.2 Å². The lowest BCUT2D eigenvalue weighted by Crippen LogP contribution is -2.52. The Kier molecular flexibility index (Phi) is 6.41. The van der Waals surface area contributed by atoms with Gasteiger partial charge in [-0.2, -0.15) is 0 Å². The fourth-order valence-electron chi connectivity index (χ4n) is 4.59. The topological polar surface area (TPSA) is 54.4 Å². The van der Waals surface area contributed by atoms with Gasteiger partial charge >= 0.3 is 0 Å². The number of rotatable bonds is 8. The zero-order valence-corrected chi connectivity index (χ0v) is 17.1. The Labute approximate surface area is 168 Å². The first-order valence-electron chi connectivity index (χ1n) is 10.7. The number of hydrogen-bond acceptors (Lipinski definition) is 6.